The molecular weight excluding hydrogens is 312 g/mol. The largest absolute Gasteiger partial charge is 0.454 e. The van der Waals surface area contributed by atoms with E-state index in [9.17, 15) is 19.2 Å². The van der Waals surface area contributed by atoms with Gasteiger partial charge in [0.1, 0.15) is 6.54 Å². The Morgan fingerprint density at radius 1 is 1.21 bits per heavy atom. The van der Waals surface area contributed by atoms with Crippen LogP contribution in [0.2, 0.25) is 0 Å². The fourth-order valence-electron chi connectivity index (χ4n) is 2.28. The lowest BCUT2D eigenvalue weighted by Crippen LogP contribution is -2.37. The number of nitrogens with zero attached hydrogens (tertiary/aromatic N) is 1. The maximum Gasteiger partial charge on any atom is 0.326 e. The number of ether oxygens (including phenoxy) is 1. The second kappa shape index (κ2) is 7.72. The lowest BCUT2D eigenvalue weighted by atomic mass is 10.1. The molecule has 1 aromatic carbocycles. The van der Waals surface area contributed by atoms with Crippen LogP contribution in [0.3, 0.4) is 0 Å². The molecule has 2 amide bonds. The summed E-state index contributed by atoms with van der Waals surface area (Å²) in [7, 11) is 0. The second-order valence-electron chi connectivity index (χ2n) is 5.93. The van der Waals surface area contributed by atoms with Crippen LogP contribution in [-0.4, -0.2) is 43.3 Å². The van der Waals surface area contributed by atoms with Gasteiger partial charge in [-0.25, -0.2) is 0 Å². The minimum Gasteiger partial charge on any atom is -0.454 e. The van der Waals surface area contributed by atoms with Crippen molar-refractivity contribution in [2.24, 2.45) is 5.92 Å². The zero-order chi connectivity index (χ0) is 17.7. The summed E-state index contributed by atoms with van der Waals surface area (Å²) in [5, 5.41) is 2.64. The summed E-state index contributed by atoms with van der Waals surface area (Å²) in [6.45, 7) is 3.78. The maximum absolute atomic E-state index is 11.9. The molecule has 0 aromatic heterocycles. The Hall–Kier alpha value is -2.70. The third kappa shape index (κ3) is 4.18. The summed E-state index contributed by atoms with van der Waals surface area (Å²) in [6.07, 6.45) is 0.834. The molecule has 0 bridgehead atoms. The van der Waals surface area contributed by atoms with Crippen LogP contribution in [0.25, 0.3) is 0 Å². The first-order valence-electron chi connectivity index (χ1n) is 7.77. The monoisotopic (exact) mass is 332 g/mol. The van der Waals surface area contributed by atoms with Crippen LogP contribution in [-0.2, 0) is 19.1 Å². The van der Waals surface area contributed by atoms with Crippen LogP contribution < -0.4 is 10.2 Å². The highest BCUT2D eigenvalue weighted by Crippen LogP contribution is 2.28. The Morgan fingerprint density at radius 2 is 1.92 bits per heavy atom. The van der Waals surface area contributed by atoms with E-state index in [-0.39, 0.29) is 5.56 Å². The molecule has 0 saturated heterocycles. The van der Waals surface area contributed by atoms with Gasteiger partial charge < -0.3 is 10.1 Å². The second-order valence-corrected chi connectivity index (χ2v) is 5.93. The third-order valence-electron chi connectivity index (χ3n) is 3.57. The molecule has 0 radical (unpaired) electrons. The van der Waals surface area contributed by atoms with E-state index in [4.69, 9.17) is 4.74 Å². The topological polar surface area (TPSA) is 92.8 Å². The molecule has 128 valence electrons. The molecule has 7 heteroatoms. The number of fused-ring (bicyclic) bond motifs is 1. The Bertz CT molecular complexity index is 669. The number of para-hydroxylation sites is 1. The fraction of sp³-hybridized carbons (Fsp3) is 0.412. The first-order valence-corrected chi connectivity index (χ1v) is 7.77. The molecule has 24 heavy (non-hydrogen) atoms. The average Bonchev–Trinajstić information content (AvgIpc) is 2.78. The van der Waals surface area contributed by atoms with Crippen molar-refractivity contribution < 1.29 is 23.9 Å². The molecule has 7 nitrogen and oxygen atoms in total. The summed E-state index contributed by atoms with van der Waals surface area (Å²) in [6, 6.07) is 6.44. The molecule has 2 rings (SSSR count). The number of carbonyl (C=O) groups excluding carboxylic acids is 4. The third-order valence-corrected chi connectivity index (χ3v) is 3.57. The van der Waals surface area contributed by atoms with E-state index in [1.165, 1.54) is 6.07 Å². The van der Waals surface area contributed by atoms with Gasteiger partial charge in [-0.05, 0) is 24.5 Å². The number of amides is 2. The predicted octanol–water partition coefficient (Wildman–Crippen LogP) is 0.921. The zero-order valence-electron chi connectivity index (χ0n) is 13.7. The van der Waals surface area contributed by atoms with Crippen molar-refractivity contribution in [3.63, 3.8) is 0 Å². The van der Waals surface area contributed by atoms with E-state index in [0.29, 0.717) is 18.2 Å². The molecule has 0 unspecified atom stereocenters. The Kier molecular flexibility index (Phi) is 5.68. The quantitative estimate of drug-likeness (QED) is 0.592. The van der Waals surface area contributed by atoms with Gasteiger partial charge in [0.05, 0.1) is 11.3 Å². The molecule has 1 N–H and O–H groups in total. The van der Waals surface area contributed by atoms with Crippen LogP contribution in [0.4, 0.5) is 5.69 Å². The van der Waals surface area contributed by atoms with Gasteiger partial charge in [0.25, 0.3) is 17.6 Å². The highest BCUT2D eigenvalue weighted by Gasteiger charge is 2.36. The van der Waals surface area contributed by atoms with Crippen molar-refractivity contribution in [1.82, 2.24) is 5.32 Å². The molecule has 0 fully saturated rings. The predicted molar refractivity (Wildman–Crippen MR) is 86.5 cm³/mol. The lowest BCUT2D eigenvalue weighted by Gasteiger charge is -2.15. The molecule has 1 heterocycles. The number of hydrogen-bond donors (Lipinski definition) is 1. The zero-order valence-corrected chi connectivity index (χ0v) is 13.7. The Balaban J connectivity index is 1.84. The van der Waals surface area contributed by atoms with Gasteiger partial charge in [-0.15, -0.1) is 0 Å². The summed E-state index contributed by atoms with van der Waals surface area (Å²) >= 11 is 0. The number of nitrogens with one attached hydrogen (secondary N) is 1. The summed E-state index contributed by atoms with van der Waals surface area (Å²) < 4.78 is 4.87. The number of benzene rings is 1. The number of rotatable bonds is 7. The van der Waals surface area contributed by atoms with E-state index < -0.39 is 36.7 Å². The molecule has 0 spiro atoms. The minimum atomic E-state index is -0.769. The standard InChI is InChI=1S/C17H20N2O5/c1-11(2)7-8-18-14(20)10-24-15(21)9-19-13-6-4-3-5-12(13)16(22)17(19)23/h3-6,11H,7-10H2,1-2H3,(H,18,20). The Morgan fingerprint density at radius 3 is 2.62 bits per heavy atom. The SMILES string of the molecule is CC(C)CCNC(=O)COC(=O)CN1C(=O)C(=O)c2ccccc21. The molecule has 0 saturated carbocycles. The normalized spacial score (nSPS) is 13.2. The van der Waals surface area contributed by atoms with E-state index in [2.05, 4.69) is 5.32 Å². The van der Waals surface area contributed by atoms with Crippen LogP contribution >= 0.6 is 0 Å². The number of ketones is 1. The average molecular weight is 332 g/mol. The molecule has 1 aliphatic rings. The fourth-order valence-corrected chi connectivity index (χ4v) is 2.28. The van der Waals surface area contributed by atoms with E-state index in [1.807, 2.05) is 13.8 Å². The smallest absolute Gasteiger partial charge is 0.326 e. The lowest BCUT2D eigenvalue weighted by molar-refractivity contribution is -0.147. The van der Waals surface area contributed by atoms with Crippen molar-refractivity contribution in [2.75, 3.05) is 24.6 Å². The van der Waals surface area contributed by atoms with E-state index >= 15 is 0 Å². The minimum absolute atomic E-state index is 0.265. The van der Waals surface area contributed by atoms with E-state index in [1.54, 1.807) is 18.2 Å². The number of anilines is 1. The van der Waals surface area contributed by atoms with Crippen molar-refractivity contribution in [3.05, 3.63) is 29.8 Å². The van der Waals surface area contributed by atoms with Crippen LogP contribution in [0.5, 0.6) is 0 Å². The van der Waals surface area contributed by atoms with Gasteiger partial charge >= 0.3 is 5.97 Å². The highest BCUT2D eigenvalue weighted by molar-refractivity contribution is 6.52. The Labute approximate surface area is 140 Å². The van der Waals surface area contributed by atoms with Crippen LogP contribution in [0.15, 0.2) is 24.3 Å². The molecule has 1 aromatic rings. The van der Waals surface area contributed by atoms with Gasteiger partial charge in [0, 0.05) is 6.54 Å². The number of hydrogen-bond acceptors (Lipinski definition) is 5. The summed E-state index contributed by atoms with van der Waals surface area (Å²) in [5.74, 6) is -2.09. The van der Waals surface area contributed by atoms with Crippen molar-refractivity contribution in [3.8, 4) is 0 Å². The van der Waals surface area contributed by atoms with E-state index in [0.717, 1.165) is 11.3 Å². The van der Waals surface area contributed by atoms with Gasteiger partial charge in [0.2, 0.25) is 0 Å². The molecule has 1 aliphatic heterocycles. The summed E-state index contributed by atoms with van der Waals surface area (Å²) in [4.78, 5) is 48.2. The summed E-state index contributed by atoms with van der Waals surface area (Å²) in [5.41, 5.74) is 0.646. The van der Waals surface area contributed by atoms with Gasteiger partial charge in [0.15, 0.2) is 6.61 Å². The number of Topliss-reactive ketones (excluding diaryl/α,β-unsaturated/α-hetero) is 1. The van der Waals surface area contributed by atoms with Crippen molar-refractivity contribution >= 4 is 29.3 Å². The van der Waals surface area contributed by atoms with Crippen LogP contribution in [0.1, 0.15) is 30.6 Å². The molecular formula is C17H20N2O5. The number of esters is 1. The van der Waals surface area contributed by atoms with Crippen molar-refractivity contribution in [2.45, 2.75) is 20.3 Å². The molecule has 0 atom stereocenters. The number of carbonyl (C=O) groups is 4. The first-order chi connectivity index (χ1) is 11.4. The highest BCUT2D eigenvalue weighted by atomic mass is 16.5. The van der Waals surface area contributed by atoms with Gasteiger partial charge in [-0.3, -0.25) is 24.1 Å². The first kappa shape index (κ1) is 17.7. The van der Waals surface area contributed by atoms with Gasteiger partial charge in [-0.1, -0.05) is 26.0 Å². The molecule has 0 aliphatic carbocycles. The maximum atomic E-state index is 11.9. The van der Waals surface area contributed by atoms with Crippen molar-refractivity contribution in [1.29, 1.82) is 0 Å². The van der Waals surface area contributed by atoms with Crippen LogP contribution in [0, 0.1) is 5.92 Å². The van der Waals surface area contributed by atoms with Gasteiger partial charge in [-0.2, -0.15) is 0 Å².